The van der Waals surface area contributed by atoms with E-state index in [0.29, 0.717) is 12.1 Å². The molecule has 4 nitrogen and oxygen atoms in total. The molecule has 2 N–H and O–H groups in total. The molecule has 2 rings (SSSR count). The zero-order valence-electron chi connectivity index (χ0n) is 10.9. The third-order valence-corrected chi connectivity index (χ3v) is 2.91. The van der Waals surface area contributed by atoms with Crippen molar-refractivity contribution in [1.29, 1.82) is 5.26 Å². The molecule has 0 fully saturated rings. The molecule has 0 aliphatic heterocycles. The molecular weight excluding hydrogens is 236 g/mol. The summed E-state index contributed by atoms with van der Waals surface area (Å²) in [4.78, 5) is 6.37. The maximum atomic E-state index is 9.14. The first-order valence-electron chi connectivity index (χ1n) is 6.19. The molecule has 0 spiro atoms. The van der Waals surface area contributed by atoms with Gasteiger partial charge in [-0.2, -0.15) is 5.26 Å². The van der Waals surface area contributed by atoms with Crippen LogP contribution in [-0.4, -0.2) is 11.5 Å². The Bertz CT molecular complexity index is 601. The molecule has 1 aromatic carbocycles. The van der Waals surface area contributed by atoms with E-state index < -0.39 is 0 Å². The van der Waals surface area contributed by atoms with Gasteiger partial charge < -0.3 is 10.6 Å². The Morgan fingerprint density at radius 1 is 1.32 bits per heavy atom. The quantitative estimate of drug-likeness (QED) is 0.849. The zero-order valence-corrected chi connectivity index (χ0v) is 10.9. The van der Waals surface area contributed by atoms with Gasteiger partial charge in [0.1, 0.15) is 11.9 Å². The molecular formula is C15H16N4. The number of rotatable bonds is 4. The van der Waals surface area contributed by atoms with Crippen LogP contribution < -0.4 is 10.6 Å². The first-order valence-corrected chi connectivity index (χ1v) is 6.19. The highest BCUT2D eigenvalue weighted by Crippen LogP contribution is 2.19. The van der Waals surface area contributed by atoms with Gasteiger partial charge in [0.25, 0.3) is 0 Å². The van der Waals surface area contributed by atoms with Crippen LogP contribution in [0.4, 0.5) is 11.5 Å². The second kappa shape index (κ2) is 5.87. The van der Waals surface area contributed by atoms with Crippen LogP contribution in [-0.2, 0) is 6.54 Å². The summed E-state index contributed by atoms with van der Waals surface area (Å²) in [6.07, 6.45) is 1.71. The average molecular weight is 252 g/mol. The molecule has 96 valence electrons. The van der Waals surface area contributed by atoms with Crippen molar-refractivity contribution in [2.75, 3.05) is 17.2 Å². The number of nitriles is 1. The van der Waals surface area contributed by atoms with Crippen molar-refractivity contribution in [3.05, 3.63) is 53.7 Å². The molecule has 0 unspecified atom stereocenters. The summed E-state index contributed by atoms with van der Waals surface area (Å²) in [7, 11) is 0. The number of benzene rings is 1. The number of nitrogens with zero attached hydrogens (tertiary/aromatic N) is 3. The fraction of sp³-hybridized carbons (Fsp3) is 0.200. The maximum absolute atomic E-state index is 9.14. The Hall–Kier alpha value is -2.54. The zero-order chi connectivity index (χ0) is 13.7. The van der Waals surface area contributed by atoms with E-state index in [-0.39, 0.29) is 0 Å². The van der Waals surface area contributed by atoms with E-state index >= 15 is 0 Å². The molecule has 0 saturated carbocycles. The summed E-state index contributed by atoms with van der Waals surface area (Å²) in [6.45, 7) is 3.51. The topological polar surface area (TPSA) is 65.9 Å². The summed E-state index contributed by atoms with van der Waals surface area (Å²) < 4.78 is 0. The predicted molar refractivity (Wildman–Crippen MR) is 76.5 cm³/mol. The normalized spacial score (nSPS) is 9.89. The molecule has 0 saturated heterocycles. The number of hydrogen-bond donors (Lipinski definition) is 1. The Labute approximate surface area is 113 Å². The van der Waals surface area contributed by atoms with Gasteiger partial charge >= 0.3 is 0 Å². The lowest BCUT2D eigenvalue weighted by Crippen LogP contribution is -2.24. The van der Waals surface area contributed by atoms with E-state index in [0.717, 1.165) is 23.6 Å². The first kappa shape index (κ1) is 12.9. The van der Waals surface area contributed by atoms with Crippen LogP contribution in [0.25, 0.3) is 0 Å². The predicted octanol–water partition coefficient (Wildman–Crippen LogP) is 2.56. The van der Waals surface area contributed by atoms with Gasteiger partial charge in [0.15, 0.2) is 0 Å². The third kappa shape index (κ3) is 3.02. The number of nitrogens with two attached hydrogens (primary N) is 1. The van der Waals surface area contributed by atoms with Gasteiger partial charge in [-0.05, 0) is 36.8 Å². The van der Waals surface area contributed by atoms with Gasteiger partial charge in [-0.1, -0.05) is 12.1 Å². The Morgan fingerprint density at radius 3 is 2.84 bits per heavy atom. The van der Waals surface area contributed by atoms with Crippen molar-refractivity contribution < 1.29 is 0 Å². The van der Waals surface area contributed by atoms with Crippen molar-refractivity contribution in [3.8, 4) is 6.07 Å². The van der Waals surface area contributed by atoms with Gasteiger partial charge in [-0.15, -0.1) is 0 Å². The Kier molecular flexibility index (Phi) is 3.99. The number of nitrogen functional groups attached to an aromatic ring is 1. The van der Waals surface area contributed by atoms with Crippen LogP contribution in [0.3, 0.4) is 0 Å². The monoisotopic (exact) mass is 252 g/mol. The fourth-order valence-corrected chi connectivity index (χ4v) is 1.98. The highest BCUT2D eigenvalue weighted by atomic mass is 15.2. The molecule has 0 amide bonds. The molecule has 19 heavy (non-hydrogen) atoms. The molecule has 1 heterocycles. The van der Waals surface area contributed by atoms with E-state index in [1.165, 1.54) is 0 Å². The molecule has 4 heteroatoms. The molecule has 0 bridgehead atoms. The molecule has 0 aliphatic rings. The van der Waals surface area contributed by atoms with E-state index in [9.17, 15) is 0 Å². The lowest BCUT2D eigenvalue weighted by atomic mass is 10.1. The van der Waals surface area contributed by atoms with Crippen molar-refractivity contribution >= 4 is 11.5 Å². The smallest absolute Gasteiger partial charge is 0.146 e. The Morgan fingerprint density at radius 2 is 2.16 bits per heavy atom. The van der Waals surface area contributed by atoms with Crippen LogP contribution in [0.5, 0.6) is 0 Å². The molecule has 0 atom stereocenters. The number of aromatic nitrogens is 1. The highest BCUT2D eigenvalue weighted by molar-refractivity contribution is 5.54. The number of hydrogen-bond acceptors (Lipinski definition) is 4. The average Bonchev–Trinajstić information content (AvgIpc) is 2.45. The van der Waals surface area contributed by atoms with E-state index in [1.807, 2.05) is 31.2 Å². The molecule has 2 aromatic rings. The minimum Gasteiger partial charge on any atom is -0.399 e. The molecule has 0 radical (unpaired) electrons. The first-order chi connectivity index (χ1) is 9.24. The van der Waals surface area contributed by atoms with Gasteiger partial charge in [-0.3, -0.25) is 0 Å². The van der Waals surface area contributed by atoms with Crippen LogP contribution in [0.1, 0.15) is 18.1 Å². The largest absolute Gasteiger partial charge is 0.399 e. The van der Waals surface area contributed by atoms with E-state index in [2.05, 4.69) is 16.0 Å². The van der Waals surface area contributed by atoms with Crippen molar-refractivity contribution in [3.63, 3.8) is 0 Å². The van der Waals surface area contributed by atoms with Crippen LogP contribution in [0.2, 0.25) is 0 Å². The van der Waals surface area contributed by atoms with Crippen LogP contribution in [0.15, 0.2) is 42.6 Å². The SMILES string of the molecule is CCN(Cc1cccc(N)c1)c1ncccc1C#N. The maximum Gasteiger partial charge on any atom is 0.146 e. The van der Waals surface area contributed by atoms with Gasteiger partial charge in [0.2, 0.25) is 0 Å². The lowest BCUT2D eigenvalue weighted by Gasteiger charge is -2.23. The third-order valence-electron chi connectivity index (χ3n) is 2.91. The summed E-state index contributed by atoms with van der Waals surface area (Å²) in [5.41, 5.74) is 8.23. The second-order valence-electron chi connectivity index (χ2n) is 4.25. The van der Waals surface area contributed by atoms with Crippen molar-refractivity contribution in [2.45, 2.75) is 13.5 Å². The number of anilines is 2. The minimum absolute atomic E-state index is 0.591. The lowest BCUT2D eigenvalue weighted by molar-refractivity contribution is 0.812. The van der Waals surface area contributed by atoms with Gasteiger partial charge in [-0.25, -0.2) is 4.98 Å². The summed E-state index contributed by atoms with van der Waals surface area (Å²) in [5, 5.41) is 9.14. The summed E-state index contributed by atoms with van der Waals surface area (Å²) >= 11 is 0. The van der Waals surface area contributed by atoms with Crippen LogP contribution in [0, 0.1) is 11.3 Å². The van der Waals surface area contributed by atoms with Crippen molar-refractivity contribution in [1.82, 2.24) is 4.98 Å². The summed E-state index contributed by atoms with van der Waals surface area (Å²) in [6, 6.07) is 13.5. The minimum atomic E-state index is 0.591. The Balaban J connectivity index is 2.28. The fourth-order valence-electron chi connectivity index (χ4n) is 1.98. The summed E-state index contributed by atoms with van der Waals surface area (Å²) in [5.74, 6) is 0.718. The van der Waals surface area contributed by atoms with Gasteiger partial charge in [0, 0.05) is 25.0 Å². The molecule has 0 aliphatic carbocycles. The highest BCUT2D eigenvalue weighted by Gasteiger charge is 2.11. The standard InChI is InChI=1S/C15H16N4/c1-2-19(11-12-5-3-7-14(17)9-12)15-13(10-16)6-4-8-18-15/h3-9H,2,11,17H2,1H3. The van der Waals surface area contributed by atoms with Crippen molar-refractivity contribution in [2.24, 2.45) is 0 Å². The molecule has 1 aromatic heterocycles. The van der Waals surface area contributed by atoms with E-state index in [1.54, 1.807) is 18.3 Å². The van der Waals surface area contributed by atoms with E-state index in [4.69, 9.17) is 11.0 Å². The van der Waals surface area contributed by atoms with Crippen LogP contribution >= 0.6 is 0 Å². The second-order valence-corrected chi connectivity index (χ2v) is 4.25. The van der Waals surface area contributed by atoms with Gasteiger partial charge in [0.05, 0.1) is 5.56 Å². The number of pyridine rings is 1.